The van der Waals surface area contributed by atoms with Crippen LogP contribution in [0.2, 0.25) is 0 Å². The SMILES string of the molecule is Brc1cccc2c1Sc1c(N(c3ccccc3)c3ccccc3)cc3ccccc3c1O2. The molecule has 0 aliphatic carbocycles. The molecular weight excluding hydrogens is 478 g/mol. The van der Waals surface area contributed by atoms with E-state index in [1.165, 1.54) is 0 Å². The zero-order valence-corrected chi connectivity index (χ0v) is 19.4. The van der Waals surface area contributed by atoms with Crippen molar-refractivity contribution in [2.45, 2.75) is 9.79 Å². The largest absolute Gasteiger partial charge is 0.454 e. The van der Waals surface area contributed by atoms with Gasteiger partial charge >= 0.3 is 0 Å². The zero-order valence-electron chi connectivity index (χ0n) is 17.0. The Hall–Kier alpha value is -3.21. The Balaban J connectivity index is 1.66. The third-order valence-electron chi connectivity index (χ3n) is 5.55. The minimum Gasteiger partial charge on any atom is -0.454 e. The van der Waals surface area contributed by atoms with E-state index in [1.807, 2.05) is 24.3 Å². The van der Waals surface area contributed by atoms with E-state index in [9.17, 15) is 0 Å². The van der Waals surface area contributed by atoms with Gasteiger partial charge in [-0.2, -0.15) is 0 Å². The monoisotopic (exact) mass is 495 g/mol. The maximum absolute atomic E-state index is 6.56. The van der Waals surface area contributed by atoms with Crippen LogP contribution >= 0.6 is 27.7 Å². The number of para-hydroxylation sites is 2. The van der Waals surface area contributed by atoms with Crippen molar-refractivity contribution in [1.82, 2.24) is 0 Å². The Labute approximate surface area is 199 Å². The molecule has 0 unspecified atom stereocenters. The van der Waals surface area contributed by atoms with Crippen molar-refractivity contribution < 1.29 is 4.74 Å². The van der Waals surface area contributed by atoms with Gasteiger partial charge in [-0.25, -0.2) is 0 Å². The first kappa shape index (κ1) is 19.5. The molecule has 2 nitrogen and oxygen atoms in total. The molecule has 0 amide bonds. The molecule has 5 aromatic rings. The molecular formula is C28H18BrNOS. The molecule has 0 N–H and O–H groups in total. The molecule has 154 valence electrons. The van der Waals surface area contributed by atoms with Crippen LogP contribution < -0.4 is 9.64 Å². The highest BCUT2D eigenvalue weighted by Crippen LogP contribution is 2.57. The van der Waals surface area contributed by atoms with Gasteiger partial charge in [-0.05, 0) is 63.8 Å². The van der Waals surface area contributed by atoms with Crippen molar-refractivity contribution in [2.24, 2.45) is 0 Å². The van der Waals surface area contributed by atoms with Gasteiger partial charge in [-0.3, -0.25) is 0 Å². The fourth-order valence-electron chi connectivity index (χ4n) is 4.11. The minimum absolute atomic E-state index is 0.880. The smallest absolute Gasteiger partial charge is 0.151 e. The van der Waals surface area contributed by atoms with Crippen LogP contribution in [0.15, 0.2) is 123 Å². The number of hydrogen-bond acceptors (Lipinski definition) is 3. The molecule has 1 heterocycles. The lowest BCUT2D eigenvalue weighted by Crippen LogP contribution is -2.12. The molecule has 4 heteroatoms. The van der Waals surface area contributed by atoms with Gasteiger partial charge < -0.3 is 9.64 Å². The molecule has 5 aromatic carbocycles. The Bertz CT molecular complexity index is 1400. The molecule has 0 fully saturated rings. The second-order valence-electron chi connectivity index (χ2n) is 7.55. The van der Waals surface area contributed by atoms with Crippen molar-refractivity contribution in [3.63, 3.8) is 0 Å². The highest BCUT2D eigenvalue weighted by molar-refractivity contribution is 9.10. The predicted octanol–water partition coefficient (Wildman–Crippen LogP) is 9.33. The first-order valence-electron chi connectivity index (χ1n) is 10.4. The lowest BCUT2D eigenvalue weighted by atomic mass is 10.1. The van der Waals surface area contributed by atoms with E-state index in [4.69, 9.17) is 4.74 Å². The van der Waals surface area contributed by atoms with Gasteiger partial charge in [0.1, 0.15) is 5.75 Å². The van der Waals surface area contributed by atoms with Crippen molar-refractivity contribution in [1.29, 1.82) is 0 Å². The van der Waals surface area contributed by atoms with Crippen LogP contribution in [0.3, 0.4) is 0 Å². The Kier molecular flexibility index (Phi) is 4.90. The molecule has 1 aliphatic heterocycles. The van der Waals surface area contributed by atoms with Gasteiger partial charge in [0, 0.05) is 21.2 Å². The van der Waals surface area contributed by atoms with E-state index in [0.29, 0.717) is 0 Å². The zero-order chi connectivity index (χ0) is 21.5. The fourth-order valence-corrected chi connectivity index (χ4v) is 5.78. The highest BCUT2D eigenvalue weighted by Gasteiger charge is 2.28. The number of anilines is 3. The summed E-state index contributed by atoms with van der Waals surface area (Å²) in [6.45, 7) is 0. The minimum atomic E-state index is 0.880. The van der Waals surface area contributed by atoms with Gasteiger partial charge in [0.2, 0.25) is 0 Å². The van der Waals surface area contributed by atoms with E-state index in [2.05, 4.69) is 106 Å². The summed E-state index contributed by atoms with van der Waals surface area (Å²) in [5.74, 6) is 1.79. The molecule has 0 saturated heterocycles. The van der Waals surface area contributed by atoms with Crippen LogP contribution in [0.25, 0.3) is 10.8 Å². The predicted molar refractivity (Wildman–Crippen MR) is 137 cm³/mol. The summed E-state index contributed by atoms with van der Waals surface area (Å²) in [4.78, 5) is 4.51. The number of halogens is 1. The number of benzene rings is 5. The van der Waals surface area contributed by atoms with Crippen LogP contribution in [0, 0.1) is 0 Å². The molecule has 0 radical (unpaired) electrons. The first-order valence-corrected chi connectivity index (χ1v) is 12.0. The summed E-state index contributed by atoms with van der Waals surface area (Å²) < 4.78 is 7.59. The van der Waals surface area contributed by atoms with Crippen LogP contribution in [0.1, 0.15) is 0 Å². The molecule has 0 spiro atoms. The van der Waals surface area contributed by atoms with Crippen LogP contribution in [0.5, 0.6) is 11.5 Å². The maximum Gasteiger partial charge on any atom is 0.151 e. The molecule has 6 rings (SSSR count). The van der Waals surface area contributed by atoms with Gasteiger partial charge in [-0.15, -0.1) is 0 Å². The lowest BCUT2D eigenvalue weighted by Gasteiger charge is -2.31. The summed E-state index contributed by atoms with van der Waals surface area (Å²) in [5.41, 5.74) is 3.31. The van der Waals surface area contributed by atoms with Gasteiger partial charge in [0.25, 0.3) is 0 Å². The highest BCUT2D eigenvalue weighted by atomic mass is 79.9. The summed E-state index contributed by atoms with van der Waals surface area (Å²) in [5, 5.41) is 2.27. The third kappa shape index (κ3) is 3.27. The number of ether oxygens (including phenoxy) is 1. The number of fused-ring (bicyclic) bond motifs is 4. The second-order valence-corrected chi connectivity index (χ2v) is 9.43. The summed E-state index contributed by atoms with van der Waals surface area (Å²) in [7, 11) is 0. The van der Waals surface area contributed by atoms with Crippen molar-refractivity contribution in [2.75, 3.05) is 4.90 Å². The van der Waals surface area contributed by atoms with E-state index < -0.39 is 0 Å². The summed E-state index contributed by atoms with van der Waals surface area (Å²) >= 11 is 5.48. The molecule has 1 aliphatic rings. The Morgan fingerprint density at radius 3 is 2.03 bits per heavy atom. The Morgan fingerprint density at radius 2 is 1.31 bits per heavy atom. The Morgan fingerprint density at radius 1 is 0.656 bits per heavy atom. The molecule has 0 bridgehead atoms. The molecule has 0 saturated carbocycles. The van der Waals surface area contributed by atoms with Crippen molar-refractivity contribution in [3.8, 4) is 11.5 Å². The van der Waals surface area contributed by atoms with E-state index in [0.717, 1.165) is 53.6 Å². The number of hydrogen-bond donors (Lipinski definition) is 0. The molecule has 0 atom stereocenters. The van der Waals surface area contributed by atoms with Crippen LogP contribution in [-0.4, -0.2) is 0 Å². The van der Waals surface area contributed by atoms with E-state index >= 15 is 0 Å². The molecule has 32 heavy (non-hydrogen) atoms. The van der Waals surface area contributed by atoms with Gasteiger partial charge in [0.05, 0.1) is 15.5 Å². The van der Waals surface area contributed by atoms with Crippen LogP contribution in [0.4, 0.5) is 17.1 Å². The van der Waals surface area contributed by atoms with Crippen molar-refractivity contribution >= 4 is 55.5 Å². The van der Waals surface area contributed by atoms with Gasteiger partial charge in [-0.1, -0.05) is 78.5 Å². The quantitative estimate of drug-likeness (QED) is 0.242. The van der Waals surface area contributed by atoms with E-state index in [-0.39, 0.29) is 0 Å². The van der Waals surface area contributed by atoms with Gasteiger partial charge in [0.15, 0.2) is 5.75 Å². The van der Waals surface area contributed by atoms with Crippen molar-refractivity contribution in [3.05, 3.63) is 114 Å². The normalized spacial score (nSPS) is 12.0. The molecule has 0 aromatic heterocycles. The lowest BCUT2D eigenvalue weighted by molar-refractivity contribution is 0.460. The summed E-state index contributed by atoms with van der Waals surface area (Å²) in [6, 6.07) is 37.8. The van der Waals surface area contributed by atoms with Crippen LogP contribution in [-0.2, 0) is 0 Å². The standard InChI is InChI=1S/C28H18BrNOS/c29-23-16-9-17-25-27(23)32-28-24(18-19-10-7-8-15-22(19)26(28)31-25)30(20-11-3-1-4-12-20)21-13-5-2-6-14-21/h1-18H. The first-order chi connectivity index (χ1) is 15.8. The maximum atomic E-state index is 6.56. The average Bonchev–Trinajstić information content (AvgIpc) is 2.85. The third-order valence-corrected chi connectivity index (χ3v) is 7.70. The average molecular weight is 496 g/mol. The fraction of sp³-hybridized carbons (Fsp3) is 0. The topological polar surface area (TPSA) is 12.5 Å². The number of nitrogens with zero attached hydrogens (tertiary/aromatic N) is 1. The second kappa shape index (κ2) is 8.05. The summed E-state index contributed by atoms with van der Waals surface area (Å²) in [6.07, 6.45) is 0. The van der Waals surface area contributed by atoms with E-state index in [1.54, 1.807) is 11.8 Å². The number of rotatable bonds is 3.